The van der Waals surface area contributed by atoms with Gasteiger partial charge in [0.1, 0.15) is 5.54 Å². The molecule has 2 N–H and O–H groups in total. The van der Waals surface area contributed by atoms with Crippen molar-refractivity contribution in [2.75, 3.05) is 19.6 Å². The van der Waals surface area contributed by atoms with Crippen LogP contribution in [0.5, 0.6) is 0 Å². The molecule has 2 atom stereocenters. The van der Waals surface area contributed by atoms with Gasteiger partial charge >= 0.3 is 0 Å². The van der Waals surface area contributed by atoms with Crippen LogP contribution in [0, 0.1) is 0 Å². The number of nitrogens with zero attached hydrogens (tertiary/aromatic N) is 1. The van der Waals surface area contributed by atoms with E-state index in [-0.39, 0.29) is 11.8 Å². The fourth-order valence-corrected chi connectivity index (χ4v) is 3.60. The van der Waals surface area contributed by atoms with Gasteiger partial charge in [0.25, 0.3) is 5.91 Å². The van der Waals surface area contributed by atoms with Gasteiger partial charge < -0.3 is 15.5 Å². The molecule has 1 aromatic carbocycles. The van der Waals surface area contributed by atoms with Crippen LogP contribution in [-0.2, 0) is 4.79 Å². The van der Waals surface area contributed by atoms with E-state index in [9.17, 15) is 9.59 Å². The average Bonchev–Trinajstić information content (AvgIpc) is 3.23. The molecular weight excluding hydrogens is 290 g/mol. The number of hydrogen-bond donors (Lipinski definition) is 2. The first kappa shape index (κ1) is 16.0. The lowest BCUT2D eigenvalue weighted by molar-refractivity contribution is -0.129. The van der Waals surface area contributed by atoms with Gasteiger partial charge in [0.15, 0.2) is 0 Å². The summed E-state index contributed by atoms with van der Waals surface area (Å²) in [4.78, 5) is 27.2. The van der Waals surface area contributed by atoms with Gasteiger partial charge in [-0.3, -0.25) is 9.59 Å². The minimum atomic E-state index is -0.745. The fraction of sp³-hybridized carbons (Fsp3) is 0.556. The highest BCUT2D eigenvalue weighted by Crippen LogP contribution is 2.30. The van der Waals surface area contributed by atoms with E-state index in [1.807, 2.05) is 25.1 Å². The number of carbonyl (C=O) groups excluding carboxylic acids is 2. The molecule has 2 aliphatic rings. The van der Waals surface area contributed by atoms with E-state index >= 15 is 0 Å². The van der Waals surface area contributed by atoms with E-state index in [1.54, 1.807) is 17.0 Å². The quantitative estimate of drug-likeness (QED) is 0.886. The van der Waals surface area contributed by atoms with Crippen molar-refractivity contribution in [1.29, 1.82) is 0 Å². The van der Waals surface area contributed by atoms with Crippen LogP contribution in [0.1, 0.15) is 43.0 Å². The van der Waals surface area contributed by atoms with Crippen molar-refractivity contribution in [2.45, 2.75) is 44.2 Å². The lowest BCUT2D eigenvalue weighted by Crippen LogP contribution is -2.56. The Bertz CT molecular complexity index is 569. The molecule has 5 nitrogen and oxygen atoms in total. The predicted molar refractivity (Wildman–Crippen MR) is 89.2 cm³/mol. The summed E-state index contributed by atoms with van der Waals surface area (Å²) in [6.45, 7) is 4.19. The first-order valence-corrected chi connectivity index (χ1v) is 8.50. The molecule has 2 amide bonds. The highest BCUT2D eigenvalue weighted by atomic mass is 16.2. The average molecular weight is 315 g/mol. The molecule has 0 aliphatic carbocycles. The summed E-state index contributed by atoms with van der Waals surface area (Å²) in [7, 11) is 0. The van der Waals surface area contributed by atoms with E-state index in [1.165, 1.54) is 0 Å². The molecule has 23 heavy (non-hydrogen) atoms. The minimum Gasteiger partial charge on any atom is -0.353 e. The number of nitrogens with one attached hydrogen (secondary N) is 2. The summed E-state index contributed by atoms with van der Waals surface area (Å²) in [6.07, 6.45) is 3.85. The van der Waals surface area contributed by atoms with Crippen LogP contribution in [0.25, 0.3) is 0 Å². The van der Waals surface area contributed by atoms with Crippen LogP contribution >= 0.6 is 0 Å². The van der Waals surface area contributed by atoms with Gasteiger partial charge in [0.05, 0.1) is 0 Å². The van der Waals surface area contributed by atoms with Gasteiger partial charge in [-0.1, -0.05) is 18.2 Å². The van der Waals surface area contributed by atoms with Crippen molar-refractivity contribution in [3.63, 3.8) is 0 Å². The van der Waals surface area contributed by atoms with E-state index < -0.39 is 5.54 Å². The third kappa shape index (κ3) is 3.24. The van der Waals surface area contributed by atoms with Crippen LogP contribution in [-0.4, -0.2) is 47.9 Å². The van der Waals surface area contributed by atoms with Crippen molar-refractivity contribution in [2.24, 2.45) is 0 Å². The van der Waals surface area contributed by atoms with Gasteiger partial charge in [0.2, 0.25) is 5.91 Å². The summed E-state index contributed by atoms with van der Waals surface area (Å²) in [5.74, 6) is -0.0901. The molecule has 2 unspecified atom stereocenters. The molecule has 0 aromatic heterocycles. The second kappa shape index (κ2) is 6.71. The molecule has 0 spiro atoms. The minimum absolute atomic E-state index is 0.0343. The summed E-state index contributed by atoms with van der Waals surface area (Å²) in [5.41, 5.74) is -0.100. The van der Waals surface area contributed by atoms with Gasteiger partial charge in [-0.05, 0) is 51.3 Å². The first-order chi connectivity index (χ1) is 11.1. The fourth-order valence-electron chi connectivity index (χ4n) is 3.60. The summed E-state index contributed by atoms with van der Waals surface area (Å²) in [6, 6.07) is 9.57. The maximum atomic E-state index is 12.8. The van der Waals surface area contributed by atoms with Crippen molar-refractivity contribution >= 4 is 11.8 Å². The molecule has 2 saturated heterocycles. The second-order valence-electron chi connectivity index (χ2n) is 6.70. The monoisotopic (exact) mass is 315 g/mol. The van der Waals surface area contributed by atoms with Crippen LogP contribution in [0.3, 0.4) is 0 Å². The van der Waals surface area contributed by atoms with Crippen LogP contribution in [0.2, 0.25) is 0 Å². The zero-order chi connectivity index (χ0) is 16.3. The molecule has 2 aliphatic heterocycles. The Hall–Kier alpha value is -1.88. The number of rotatable bonds is 4. The van der Waals surface area contributed by atoms with Crippen molar-refractivity contribution in [1.82, 2.24) is 15.5 Å². The lowest BCUT2D eigenvalue weighted by Gasteiger charge is -2.34. The molecule has 2 heterocycles. The molecule has 0 saturated carbocycles. The van der Waals surface area contributed by atoms with Crippen molar-refractivity contribution in [3.8, 4) is 0 Å². The normalized spacial score (nSPS) is 27.2. The number of benzene rings is 1. The summed E-state index contributed by atoms with van der Waals surface area (Å²) < 4.78 is 0. The summed E-state index contributed by atoms with van der Waals surface area (Å²) >= 11 is 0. The van der Waals surface area contributed by atoms with Crippen molar-refractivity contribution in [3.05, 3.63) is 35.9 Å². The summed E-state index contributed by atoms with van der Waals surface area (Å²) in [5, 5.41) is 6.43. The van der Waals surface area contributed by atoms with Crippen LogP contribution in [0.4, 0.5) is 0 Å². The smallest absolute Gasteiger partial charge is 0.254 e. The molecule has 2 fully saturated rings. The van der Waals surface area contributed by atoms with Crippen LogP contribution < -0.4 is 10.6 Å². The van der Waals surface area contributed by atoms with E-state index in [0.29, 0.717) is 24.7 Å². The third-order valence-corrected chi connectivity index (χ3v) is 5.07. The molecule has 3 rings (SSSR count). The Balaban J connectivity index is 1.68. The number of likely N-dealkylation sites (tertiary alicyclic amines) is 1. The van der Waals surface area contributed by atoms with Gasteiger partial charge in [0, 0.05) is 24.7 Å². The largest absolute Gasteiger partial charge is 0.353 e. The lowest BCUT2D eigenvalue weighted by atomic mass is 9.96. The van der Waals surface area contributed by atoms with E-state index in [0.717, 1.165) is 32.2 Å². The van der Waals surface area contributed by atoms with Gasteiger partial charge in [-0.15, -0.1) is 0 Å². The Kier molecular flexibility index (Phi) is 4.66. The molecule has 1 aromatic rings. The van der Waals surface area contributed by atoms with Crippen molar-refractivity contribution < 1.29 is 9.59 Å². The topological polar surface area (TPSA) is 61.4 Å². The SMILES string of the molecule is CC1(C(=O)NCC2CCCN2)CCCN1C(=O)c1ccccc1. The Morgan fingerprint density at radius 2 is 2.09 bits per heavy atom. The van der Waals surface area contributed by atoms with Crippen LogP contribution in [0.15, 0.2) is 30.3 Å². The molecule has 124 valence electrons. The molecule has 0 bridgehead atoms. The van der Waals surface area contributed by atoms with E-state index in [2.05, 4.69) is 10.6 Å². The maximum absolute atomic E-state index is 12.8. The first-order valence-electron chi connectivity index (χ1n) is 8.50. The highest BCUT2D eigenvalue weighted by molar-refractivity contribution is 5.99. The molecule has 0 radical (unpaired) electrons. The Morgan fingerprint density at radius 1 is 1.30 bits per heavy atom. The van der Waals surface area contributed by atoms with Gasteiger partial charge in [-0.25, -0.2) is 0 Å². The third-order valence-electron chi connectivity index (χ3n) is 5.07. The zero-order valence-electron chi connectivity index (χ0n) is 13.7. The molecule has 5 heteroatoms. The van der Waals surface area contributed by atoms with E-state index in [4.69, 9.17) is 0 Å². The Morgan fingerprint density at radius 3 is 2.78 bits per heavy atom. The molecular formula is C18H25N3O2. The maximum Gasteiger partial charge on any atom is 0.254 e. The Labute approximate surface area is 137 Å². The number of carbonyl (C=O) groups is 2. The number of amides is 2. The predicted octanol–water partition coefficient (Wildman–Crippen LogP) is 1.55. The highest BCUT2D eigenvalue weighted by Gasteiger charge is 2.45. The number of hydrogen-bond acceptors (Lipinski definition) is 3. The van der Waals surface area contributed by atoms with Gasteiger partial charge in [-0.2, -0.15) is 0 Å². The zero-order valence-corrected chi connectivity index (χ0v) is 13.7. The second-order valence-corrected chi connectivity index (χ2v) is 6.70. The standard InChI is InChI=1S/C18H25N3O2/c1-18(17(23)20-13-15-9-5-11-19-15)10-6-12-21(18)16(22)14-7-3-2-4-8-14/h2-4,7-8,15,19H,5-6,9-13H2,1H3,(H,20,23).